The fraction of sp³-hybridized carbons (Fsp3) is 0.417. The number of halogens is 1. The Balaban J connectivity index is 1.99. The van der Waals surface area contributed by atoms with Crippen molar-refractivity contribution in [1.82, 2.24) is 0 Å². The van der Waals surface area contributed by atoms with Crippen LogP contribution in [0.25, 0.3) is 0 Å². The molecule has 1 aromatic carbocycles. The van der Waals surface area contributed by atoms with Crippen LogP contribution in [0.3, 0.4) is 0 Å². The van der Waals surface area contributed by atoms with Gasteiger partial charge in [0.1, 0.15) is 0 Å². The fourth-order valence-corrected chi connectivity index (χ4v) is 1.65. The Morgan fingerprint density at radius 1 is 1.31 bits per heavy atom. The van der Waals surface area contributed by atoms with Crippen molar-refractivity contribution >= 4 is 5.97 Å². The molecule has 0 atom stereocenters. The van der Waals surface area contributed by atoms with Crippen LogP contribution in [0.2, 0.25) is 0 Å². The van der Waals surface area contributed by atoms with Crippen LogP contribution in [0.4, 0.5) is 4.39 Å². The normalized spacial score (nSPS) is 17.1. The van der Waals surface area contributed by atoms with Gasteiger partial charge in [0.15, 0.2) is 11.6 Å². The van der Waals surface area contributed by atoms with Crippen LogP contribution in [0, 0.1) is 11.7 Å². The first-order valence-electron chi connectivity index (χ1n) is 5.31. The number of esters is 1. The third-order valence-corrected chi connectivity index (χ3v) is 2.60. The quantitative estimate of drug-likeness (QED) is 0.570. The molecule has 0 aromatic heterocycles. The first-order valence-corrected chi connectivity index (χ1v) is 5.31. The molecular weight excluding hydrogens is 211 g/mol. The minimum atomic E-state index is -0.511. The van der Waals surface area contributed by atoms with Gasteiger partial charge in [0.05, 0.1) is 5.92 Å². The Bertz CT molecular complexity index is 372. The molecule has 2 rings (SSSR count). The van der Waals surface area contributed by atoms with Crippen LogP contribution >= 0.6 is 0 Å². The molecule has 1 heterocycles. The molecule has 1 aliphatic rings. The van der Waals surface area contributed by atoms with Crippen LogP contribution in [-0.4, -0.2) is 19.2 Å². The van der Waals surface area contributed by atoms with Crippen LogP contribution in [0.5, 0.6) is 5.75 Å². The second-order valence-corrected chi connectivity index (χ2v) is 3.74. The SMILES string of the molecule is O=C(Oc1ccccc1F)C1CCOCC1. The van der Waals surface area contributed by atoms with E-state index in [1.165, 1.54) is 12.1 Å². The highest BCUT2D eigenvalue weighted by atomic mass is 19.1. The zero-order valence-corrected chi connectivity index (χ0v) is 8.82. The van der Waals surface area contributed by atoms with E-state index in [2.05, 4.69) is 0 Å². The van der Waals surface area contributed by atoms with Crippen molar-refractivity contribution < 1.29 is 18.7 Å². The zero-order valence-electron chi connectivity index (χ0n) is 8.82. The molecule has 0 N–H and O–H groups in total. The standard InChI is InChI=1S/C12H13FO3/c13-10-3-1-2-4-11(10)16-12(14)9-5-7-15-8-6-9/h1-4,9H,5-8H2. The molecule has 0 radical (unpaired) electrons. The number of para-hydroxylation sites is 1. The minimum absolute atomic E-state index is 0.000933. The number of benzene rings is 1. The Kier molecular flexibility index (Phi) is 3.51. The van der Waals surface area contributed by atoms with Gasteiger partial charge in [-0.3, -0.25) is 4.79 Å². The van der Waals surface area contributed by atoms with E-state index < -0.39 is 5.82 Å². The van der Waals surface area contributed by atoms with Gasteiger partial charge in [-0.05, 0) is 25.0 Å². The monoisotopic (exact) mass is 224 g/mol. The summed E-state index contributed by atoms with van der Waals surface area (Å²) in [7, 11) is 0. The molecule has 0 bridgehead atoms. The van der Waals surface area contributed by atoms with Gasteiger partial charge in [0.2, 0.25) is 0 Å². The first kappa shape index (κ1) is 11.1. The maximum absolute atomic E-state index is 13.2. The molecule has 16 heavy (non-hydrogen) atoms. The van der Waals surface area contributed by atoms with Crippen molar-refractivity contribution in [2.75, 3.05) is 13.2 Å². The summed E-state index contributed by atoms with van der Waals surface area (Å²) >= 11 is 0. The number of rotatable bonds is 2. The highest BCUT2D eigenvalue weighted by molar-refractivity contribution is 5.75. The van der Waals surface area contributed by atoms with E-state index in [0.29, 0.717) is 26.1 Å². The molecular formula is C12H13FO3. The molecule has 1 saturated heterocycles. The topological polar surface area (TPSA) is 35.5 Å². The highest BCUT2D eigenvalue weighted by Crippen LogP contribution is 2.21. The van der Waals surface area contributed by atoms with Crippen molar-refractivity contribution in [1.29, 1.82) is 0 Å². The highest BCUT2D eigenvalue weighted by Gasteiger charge is 2.24. The molecule has 0 spiro atoms. The summed E-state index contributed by atoms with van der Waals surface area (Å²) in [5.41, 5.74) is 0. The fourth-order valence-electron chi connectivity index (χ4n) is 1.65. The molecule has 0 amide bonds. The van der Waals surface area contributed by atoms with Crippen molar-refractivity contribution in [3.8, 4) is 5.75 Å². The third-order valence-electron chi connectivity index (χ3n) is 2.60. The summed E-state index contributed by atoms with van der Waals surface area (Å²) in [6.45, 7) is 1.13. The number of hydrogen-bond donors (Lipinski definition) is 0. The smallest absolute Gasteiger partial charge is 0.314 e. The van der Waals surface area contributed by atoms with Gasteiger partial charge in [0.25, 0.3) is 0 Å². The van der Waals surface area contributed by atoms with Crippen LogP contribution in [-0.2, 0) is 9.53 Å². The van der Waals surface area contributed by atoms with Crippen molar-refractivity contribution in [3.05, 3.63) is 30.1 Å². The average molecular weight is 224 g/mol. The lowest BCUT2D eigenvalue weighted by atomic mass is 10.0. The second kappa shape index (κ2) is 5.07. The Morgan fingerprint density at radius 3 is 2.69 bits per heavy atom. The summed E-state index contributed by atoms with van der Waals surface area (Å²) in [6, 6.07) is 5.91. The van der Waals surface area contributed by atoms with Crippen molar-refractivity contribution in [3.63, 3.8) is 0 Å². The Morgan fingerprint density at radius 2 is 2.00 bits per heavy atom. The maximum atomic E-state index is 13.2. The molecule has 0 saturated carbocycles. The number of carbonyl (C=O) groups is 1. The van der Waals surface area contributed by atoms with Gasteiger partial charge in [0, 0.05) is 13.2 Å². The van der Waals surface area contributed by atoms with Crippen LogP contribution < -0.4 is 4.74 Å². The van der Waals surface area contributed by atoms with Gasteiger partial charge >= 0.3 is 5.97 Å². The molecule has 4 heteroatoms. The summed E-state index contributed by atoms with van der Waals surface area (Å²) in [5.74, 6) is -1.05. The van der Waals surface area contributed by atoms with Gasteiger partial charge in [-0.15, -0.1) is 0 Å². The van der Waals surface area contributed by atoms with E-state index in [1.54, 1.807) is 12.1 Å². The number of hydrogen-bond acceptors (Lipinski definition) is 3. The minimum Gasteiger partial charge on any atom is -0.423 e. The molecule has 1 aromatic rings. The van der Waals surface area contributed by atoms with E-state index in [9.17, 15) is 9.18 Å². The number of carbonyl (C=O) groups excluding carboxylic acids is 1. The zero-order chi connectivity index (χ0) is 11.4. The average Bonchev–Trinajstić information content (AvgIpc) is 2.33. The third kappa shape index (κ3) is 2.58. The second-order valence-electron chi connectivity index (χ2n) is 3.74. The van der Waals surface area contributed by atoms with E-state index in [1.807, 2.05) is 0 Å². The first-order chi connectivity index (χ1) is 7.77. The Hall–Kier alpha value is -1.42. The van der Waals surface area contributed by atoms with E-state index in [0.717, 1.165) is 0 Å². The van der Waals surface area contributed by atoms with Gasteiger partial charge in [-0.2, -0.15) is 0 Å². The lowest BCUT2D eigenvalue weighted by Crippen LogP contribution is -2.27. The predicted octanol–water partition coefficient (Wildman–Crippen LogP) is 2.16. The van der Waals surface area contributed by atoms with Crippen molar-refractivity contribution in [2.45, 2.75) is 12.8 Å². The molecule has 0 aliphatic carbocycles. The molecule has 3 nitrogen and oxygen atoms in total. The van der Waals surface area contributed by atoms with E-state index >= 15 is 0 Å². The molecule has 1 aliphatic heterocycles. The largest absolute Gasteiger partial charge is 0.423 e. The van der Waals surface area contributed by atoms with E-state index in [-0.39, 0.29) is 17.6 Å². The van der Waals surface area contributed by atoms with Crippen molar-refractivity contribution in [2.24, 2.45) is 5.92 Å². The van der Waals surface area contributed by atoms with Crippen LogP contribution in [0.15, 0.2) is 24.3 Å². The lowest BCUT2D eigenvalue weighted by Gasteiger charge is -2.20. The lowest BCUT2D eigenvalue weighted by molar-refractivity contribution is -0.142. The Labute approximate surface area is 93.2 Å². The van der Waals surface area contributed by atoms with Gasteiger partial charge < -0.3 is 9.47 Å². The molecule has 0 unspecified atom stereocenters. The predicted molar refractivity (Wildman–Crippen MR) is 55.6 cm³/mol. The van der Waals surface area contributed by atoms with E-state index in [4.69, 9.17) is 9.47 Å². The van der Waals surface area contributed by atoms with Gasteiger partial charge in [-0.25, -0.2) is 4.39 Å². The summed E-state index contributed by atoms with van der Waals surface area (Å²) < 4.78 is 23.4. The summed E-state index contributed by atoms with van der Waals surface area (Å²) in [6.07, 6.45) is 1.29. The van der Waals surface area contributed by atoms with Crippen LogP contribution in [0.1, 0.15) is 12.8 Å². The van der Waals surface area contributed by atoms with Gasteiger partial charge in [-0.1, -0.05) is 12.1 Å². The maximum Gasteiger partial charge on any atom is 0.314 e. The summed E-state index contributed by atoms with van der Waals surface area (Å²) in [4.78, 5) is 11.7. The summed E-state index contributed by atoms with van der Waals surface area (Å²) in [5, 5.41) is 0. The molecule has 86 valence electrons. The number of ether oxygens (including phenoxy) is 2. The molecule has 1 fully saturated rings.